The lowest BCUT2D eigenvalue weighted by Crippen LogP contribution is -2.15. The Morgan fingerprint density at radius 1 is 1.13 bits per heavy atom. The van der Waals surface area contributed by atoms with E-state index in [1.807, 2.05) is 32.0 Å². The second-order valence-corrected chi connectivity index (χ2v) is 3.56. The second-order valence-electron chi connectivity index (χ2n) is 3.56. The number of benzene rings is 1. The molecule has 1 rings (SSSR count). The van der Waals surface area contributed by atoms with Gasteiger partial charge in [0.25, 0.3) is 0 Å². The van der Waals surface area contributed by atoms with Crippen molar-refractivity contribution in [3.8, 4) is 0 Å². The molecule has 1 nitrogen and oxygen atoms in total. The topological polar surface area (TPSA) is 20.2 Å². The van der Waals surface area contributed by atoms with Crippen LogP contribution in [0.15, 0.2) is 30.3 Å². The van der Waals surface area contributed by atoms with Crippen LogP contribution in [0.2, 0.25) is 0 Å². The lowest BCUT2D eigenvalue weighted by atomic mass is 9.93. The zero-order valence-corrected chi connectivity index (χ0v) is 10.4. The molecule has 0 amide bonds. The van der Waals surface area contributed by atoms with E-state index in [0.29, 0.717) is 0 Å². The van der Waals surface area contributed by atoms with Gasteiger partial charge in [-0.2, -0.15) is 0 Å². The summed E-state index contributed by atoms with van der Waals surface area (Å²) < 4.78 is 0. The van der Waals surface area contributed by atoms with Crippen molar-refractivity contribution in [1.82, 2.24) is 0 Å². The molecule has 0 fully saturated rings. The van der Waals surface area contributed by atoms with Gasteiger partial charge in [-0.25, -0.2) is 0 Å². The lowest BCUT2D eigenvalue weighted by Gasteiger charge is -2.18. The molecule has 0 spiro atoms. The molecule has 2 unspecified atom stereocenters. The van der Waals surface area contributed by atoms with Crippen LogP contribution in [-0.4, -0.2) is 11.2 Å². The van der Waals surface area contributed by atoms with Gasteiger partial charge in [0.2, 0.25) is 0 Å². The van der Waals surface area contributed by atoms with Gasteiger partial charge in [0.1, 0.15) is 0 Å². The first-order valence-electron chi connectivity index (χ1n) is 5.98. The molecular weight excluding hydrogens is 184 g/mol. The van der Waals surface area contributed by atoms with Gasteiger partial charge in [-0.15, -0.1) is 0 Å². The monoisotopic (exact) mass is 208 g/mol. The Labute approximate surface area is 94.2 Å². The summed E-state index contributed by atoms with van der Waals surface area (Å²) in [6.07, 6.45) is 1.72. The molecule has 0 aliphatic rings. The SMILES string of the molecule is CC.CCCC(O)C(C)c1ccccc1. The molecule has 0 saturated carbocycles. The third-order valence-corrected chi connectivity index (χ3v) is 2.49. The number of hydrogen-bond acceptors (Lipinski definition) is 1. The van der Waals surface area contributed by atoms with Crippen molar-refractivity contribution < 1.29 is 5.11 Å². The molecule has 0 aliphatic heterocycles. The van der Waals surface area contributed by atoms with Gasteiger partial charge in [-0.05, 0) is 12.0 Å². The van der Waals surface area contributed by atoms with E-state index in [1.165, 1.54) is 5.56 Å². The van der Waals surface area contributed by atoms with E-state index in [9.17, 15) is 5.11 Å². The van der Waals surface area contributed by atoms with Crippen LogP contribution in [0.5, 0.6) is 0 Å². The van der Waals surface area contributed by atoms with Crippen LogP contribution >= 0.6 is 0 Å². The molecule has 0 bridgehead atoms. The molecule has 86 valence electrons. The fraction of sp³-hybridized carbons (Fsp3) is 0.571. The molecule has 1 aromatic rings. The first-order chi connectivity index (χ1) is 7.25. The normalized spacial score (nSPS) is 13.7. The summed E-state index contributed by atoms with van der Waals surface area (Å²) in [4.78, 5) is 0. The average Bonchev–Trinajstić information content (AvgIpc) is 2.32. The van der Waals surface area contributed by atoms with E-state index in [0.717, 1.165) is 12.8 Å². The maximum Gasteiger partial charge on any atom is 0.0606 e. The molecule has 0 heterocycles. The summed E-state index contributed by atoms with van der Waals surface area (Å²) in [7, 11) is 0. The highest BCUT2D eigenvalue weighted by molar-refractivity contribution is 5.19. The molecule has 0 radical (unpaired) electrons. The fourth-order valence-corrected chi connectivity index (χ4v) is 1.52. The Hall–Kier alpha value is -0.820. The summed E-state index contributed by atoms with van der Waals surface area (Å²) in [5, 5.41) is 9.77. The predicted molar refractivity (Wildman–Crippen MR) is 67.1 cm³/mol. The number of rotatable bonds is 4. The molecule has 1 heteroatoms. The van der Waals surface area contributed by atoms with Crippen LogP contribution in [0.3, 0.4) is 0 Å². The van der Waals surface area contributed by atoms with Gasteiger partial charge in [0, 0.05) is 5.92 Å². The average molecular weight is 208 g/mol. The minimum Gasteiger partial charge on any atom is -0.393 e. The largest absolute Gasteiger partial charge is 0.393 e. The quantitative estimate of drug-likeness (QED) is 0.793. The highest BCUT2D eigenvalue weighted by Gasteiger charge is 2.14. The molecule has 1 N–H and O–H groups in total. The summed E-state index contributed by atoms with van der Waals surface area (Å²) >= 11 is 0. The molecule has 0 aromatic heterocycles. The summed E-state index contributed by atoms with van der Waals surface area (Å²) in [5.74, 6) is 0.251. The third kappa shape index (κ3) is 4.98. The standard InChI is InChI=1S/C12H18O.C2H6/c1-3-7-12(13)10(2)11-8-5-4-6-9-11;1-2/h4-6,8-10,12-13H,3,7H2,1-2H3;1-2H3. The smallest absolute Gasteiger partial charge is 0.0606 e. The molecule has 0 saturated heterocycles. The minimum absolute atomic E-state index is 0.201. The Balaban J connectivity index is 0.000000921. The maximum absolute atomic E-state index is 9.77. The van der Waals surface area contributed by atoms with Crippen molar-refractivity contribution in [3.05, 3.63) is 35.9 Å². The minimum atomic E-state index is -0.201. The van der Waals surface area contributed by atoms with E-state index in [1.54, 1.807) is 0 Å². The van der Waals surface area contributed by atoms with Gasteiger partial charge < -0.3 is 5.11 Å². The zero-order valence-electron chi connectivity index (χ0n) is 10.4. The third-order valence-electron chi connectivity index (χ3n) is 2.49. The van der Waals surface area contributed by atoms with Gasteiger partial charge >= 0.3 is 0 Å². The maximum atomic E-state index is 9.77. The van der Waals surface area contributed by atoms with Gasteiger partial charge in [0.05, 0.1) is 6.10 Å². The summed E-state index contributed by atoms with van der Waals surface area (Å²) in [5.41, 5.74) is 1.23. The van der Waals surface area contributed by atoms with Crippen LogP contribution in [0, 0.1) is 0 Å². The Morgan fingerprint density at radius 3 is 2.13 bits per heavy atom. The van der Waals surface area contributed by atoms with Crippen molar-refractivity contribution in [1.29, 1.82) is 0 Å². The zero-order chi connectivity index (χ0) is 11.7. The van der Waals surface area contributed by atoms with Crippen LogP contribution in [0.1, 0.15) is 52.0 Å². The Bertz CT molecular complexity index is 230. The van der Waals surface area contributed by atoms with E-state index < -0.39 is 0 Å². The number of aliphatic hydroxyl groups excluding tert-OH is 1. The molecule has 0 aliphatic carbocycles. The lowest BCUT2D eigenvalue weighted by molar-refractivity contribution is 0.139. The first-order valence-corrected chi connectivity index (χ1v) is 5.98. The van der Waals surface area contributed by atoms with E-state index in [4.69, 9.17) is 0 Å². The number of hydrogen-bond donors (Lipinski definition) is 1. The molecule has 1 aromatic carbocycles. The van der Waals surface area contributed by atoms with Gasteiger partial charge in [-0.1, -0.05) is 64.4 Å². The second kappa shape index (κ2) is 8.49. The number of aliphatic hydroxyl groups is 1. The molecule has 2 atom stereocenters. The predicted octanol–water partition coefficient (Wildman–Crippen LogP) is 3.98. The van der Waals surface area contributed by atoms with Crippen molar-refractivity contribution >= 4 is 0 Å². The van der Waals surface area contributed by atoms with Crippen molar-refractivity contribution in [3.63, 3.8) is 0 Å². The van der Waals surface area contributed by atoms with E-state index in [2.05, 4.69) is 26.0 Å². The summed E-state index contributed by atoms with van der Waals surface area (Å²) in [6.45, 7) is 8.18. The fourth-order valence-electron chi connectivity index (χ4n) is 1.52. The molecular formula is C14H24O. The van der Waals surface area contributed by atoms with Gasteiger partial charge in [0.15, 0.2) is 0 Å². The Kier molecular flexibility index (Phi) is 8.02. The van der Waals surface area contributed by atoms with Gasteiger partial charge in [-0.3, -0.25) is 0 Å². The van der Waals surface area contributed by atoms with Crippen molar-refractivity contribution in [2.24, 2.45) is 0 Å². The highest BCUT2D eigenvalue weighted by Crippen LogP contribution is 2.21. The van der Waals surface area contributed by atoms with E-state index in [-0.39, 0.29) is 12.0 Å². The van der Waals surface area contributed by atoms with E-state index >= 15 is 0 Å². The van der Waals surface area contributed by atoms with Crippen LogP contribution < -0.4 is 0 Å². The summed E-state index contributed by atoms with van der Waals surface area (Å²) in [6, 6.07) is 10.2. The first kappa shape index (κ1) is 14.2. The molecule has 15 heavy (non-hydrogen) atoms. The Morgan fingerprint density at radius 2 is 1.67 bits per heavy atom. The van der Waals surface area contributed by atoms with Crippen LogP contribution in [0.25, 0.3) is 0 Å². The van der Waals surface area contributed by atoms with Crippen molar-refractivity contribution in [2.75, 3.05) is 0 Å². The highest BCUT2D eigenvalue weighted by atomic mass is 16.3. The van der Waals surface area contributed by atoms with Crippen LogP contribution in [0.4, 0.5) is 0 Å². The van der Waals surface area contributed by atoms with Crippen LogP contribution in [-0.2, 0) is 0 Å². The van der Waals surface area contributed by atoms with Crippen molar-refractivity contribution in [2.45, 2.75) is 52.6 Å².